The minimum Gasteiger partial charge on any atom is -0.508 e. The smallest absolute Gasteiger partial charge is 0.116 e. The number of phenols is 1. The van der Waals surface area contributed by atoms with Gasteiger partial charge >= 0.3 is 0 Å². The Bertz CT molecular complexity index is 736. The van der Waals surface area contributed by atoms with Crippen molar-refractivity contribution in [3.8, 4) is 5.75 Å². The van der Waals surface area contributed by atoms with Crippen molar-refractivity contribution in [3.05, 3.63) is 66.7 Å². The van der Waals surface area contributed by atoms with E-state index in [0.717, 1.165) is 22.1 Å². The van der Waals surface area contributed by atoms with Crippen LogP contribution in [0.15, 0.2) is 77.0 Å². The SMILES string of the molecule is Oc1ccc2cccc(N=Nc3ccccc3)c2c1. The first-order valence-electron chi connectivity index (χ1n) is 6.01. The van der Waals surface area contributed by atoms with Crippen LogP contribution in [0.25, 0.3) is 10.8 Å². The van der Waals surface area contributed by atoms with Gasteiger partial charge in [0.2, 0.25) is 0 Å². The highest BCUT2D eigenvalue weighted by Crippen LogP contribution is 2.30. The molecule has 0 aromatic heterocycles. The normalized spacial score (nSPS) is 11.2. The number of rotatable bonds is 2. The maximum Gasteiger partial charge on any atom is 0.116 e. The number of azo groups is 1. The fourth-order valence-corrected chi connectivity index (χ4v) is 1.94. The summed E-state index contributed by atoms with van der Waals surface area (Å²) in [4.78, 5) is 0. The first kappa shape index (κ1) is 11.4. The van der Waals surface area contributed by atoms with E-state index in [1.54, 1.807) is 12.1 Å². The molecule has 3 aromatic carbocycles. The Balaban J connectivity index is 2.06. The van der Waals surface area contributed by atoms with Crippen molar-refractivity contribution < 1.29 is 5.11 Å². The summed E-state index contributed by atoms with van der Waals surface area (Å²) in [6.07, 6.45) is 0. The van der Waals surface area contributed by atoms with Gasteiger partial charge in [0.25, 0.3) is 0 Å². The highest BCUT2D eigenvalue weighted by molar-refractivity contribution is 5.93. The summed E-state index contributed by atoms with van der Waals surface area (Å²) < 4.78 is 0. The molecule has 0 radical (unpaired) electrons. The van der Waals surface area contributed by atoms with Crippen LogP contribution in [-0.4, -0.2) is 5.11 Å². The molecule has 0 saturated carbocycles. The van der Waals surface area contributed by atoms with Crippen molar-refractivity contribution in [3.63, 3.8) is 0 Å². The predicted molar refractivity (Wildman–Crippen MR) is 76.2 cm³/mol. The maximum absolute atomic E-state index is 9.57. The largest absolute Gasteiger partial charge is 0.508 e. The number of hydrogen-bond acceptors (Lipinski definition) is 3. The van der Waals surface area contributed by atoms with Crippen molar-refractivity contribution in [2.45, 2.75) is 0 Å². The molecule has 3 rings (SSSR count). The first-order valence-corrected chi connectivity index (χ1v) is 6.01. The minimum absolute atomic E-state index is 0.231. The standard InChI is InChI=1S/C16H12N2O/c19-14-10-9-12-5-4-8-16(15(12)11-14)18-17-13-6-2-1-3-7-13/h1-11,19H. The molecule has 0 heterocycles. The molecule has 0 aliphatic heterocycles. The van der Waals surface area contributed by atoms with Crippen molar-refractivity contribution in [1.82, 2.24) is 0 Å². The zero-order valence-electron chi connectivity index (χ0n) is 10.2. The van der Waals surface area contributed by atoms with Gasteiger partial charge in [-0.2, -0.15) is 5.11 Å². The first-order chi connectivity index (χ1) is 9.33. The third-order valence-corrected chi connectivity index (χ3v) is 2.87. The molecule has 1 N–H and O–H groups in total. The van der Waals surface area contributed by atoms with Gasteiger partial charge < -0.3 is 5.11 Å². The molecule has 0 fully saturated rings. The van der Waals surface area contributed by atoms with Gasteiger partial charge in [-0.25, -0.2) is 0 Å². The zero-order valence-corrected chi connectivity index (χ0v) is 10.2. The summed E-state index contributed by atoms with van der Waals surface area (Å²) in [5, 5.41) is 19.9. The summed E-state index contributed by atoms with van der Waals surface area (Å²) >= 11 is 0. The highest BCUT2D eigenvalue weighted by Gasteiger charge is 2.00. The van der Waals surface area contributed by atoms with Gasteiger partial charge in [0, 0.05) is 5.39 Å². The van der Waals surface area contributed by atoms with Crippen LogP contribution >= 0.6 is 0 Å². The summed E-state index contributed by atoms with van der Waals surface area (Å²) in [6.45, 7) is 0. The molecular formula is C16H12N2O. The quantitative estimate of drug-likeness (QED) is 0.640. The fourth-order valence-electron chi connectivity index (χ4n) is 1.94. The number of hydrogen-bond donors (Lipinski definition) is 1. The molecule has 19 heavy (non-hydrogen) atoms. The third-order valence-electron chi connectivity index (χ3n) is 2.87. The lowest BCUT2D eigenvalue weighted by Gasteiger charge is -2.01. The molecule has 3 aromatic rings. The minimum atomic E-state index is 0.231. The van der Waals surface area contributed by atoms with Gasteiger partial charge in [-0.3, -0.25) is 0 Å². The topological polar surface area (TPSA) is 45.0 Å². The number of aromatic hydroxyl groups is 1. The summed E-state index contributed by atoms with van der Waals surface area (Å²) in [6, 6.07) is 20.6. The van der Waals surface area contributed by atoms with E-state index >= 15 is 0 Å². The summed E-state index contributed by atoms with van der Waals surface area (Å²) in [5.74, 6) is 0.231. The van der Waals surface area contributed by atoms with Crippen LogP contribution in [0.3, 0.4) is 0 Å². The molecular weight excluding hydrogens is 236 g/mol. The van der Waals surface area contributed by atoms with Crippen LogP contribution in [0, 0.1) is 0 Å². The number of phenolic OH excluding ortho intramolecular Hbond substituents is 1. The van der Waals surface area contributed by atoms with E-state index in [-0.39, 0.29) is 5.75 Å². The average molecular weight is 248 g/mol. The Morgan fingerprint density at radius 2 is 1.58 bits per heavy atom. The number of nitrogens with zero attached hydrogens (tertiary/aromatic N) is 2. The van der Waals surface area contributed by atoms with Gasteiger partial charge in [-0.05, 0) is 35.7 Å². The molecule has 0 aliphatic carbocycles. The molecule has 0 aliphatic rings. The molecule has 0 atom stereocenters. The molecule has 3 nitrogen and oxygen atoms in total. The van der Waals surface area contributed by atoms with Gasteiger partial charge in [0.1, 0.15) is 5.75 Å². The van der Waals surface area contributed by atoms with E-state index in [1.807, 2.05) is 54.6 Å². The van der Waals surface area contributed by atoms with Crippen LogP contribution in [0.5, 0.6) is 5.75 Å². The molecule has 3 heteroatoms. The second-order valence-corrected chi connectivity index (χ2v) is 4.22. The van der Waals surface area contributed by atoms with Crippen LogP contribution in [0.4, 0.5) is 11.4 Å². The monoisotopic (exact) mass is 248 g/mol. The summed E-state index contributed by atoms with van der Waals surface area (Å²) in [5.41, 5.74) is 1.55. The van der Waals surface area contributed by atoms with Crippen molar-refractivity contribution in [1.29, 1.82) is 0 Å². The highest BCUT2D eigenvalue weighted by atomic mass is 16.3. The van der Waals surface area contributed by atoms with Crippen LogP contribution in [0.2, 0.25) is 0 Å². The van der Waals surface area contributed by atoms with Crippen molar-refractivity contribution in [2.24, 2.45) is 10.2 Å². The molecule has 92 valence electrons. The predicted octanol–water partition coefficient (Wildman–Crippen LogP) is 4.96. The molecule has 0 amide bonds. The zero-order chi connectivity index (χ0) is 13.1. The third kappa shape index (κ3) is 2.45. The van der Waals surface area contributed by atoms with E-state index in [9.17, 15) is 5.11 Å². The van der Waals surface area contributed by atoms with Crippen molar-refractivity contribution in [2.75, 3.05) is 0 Å². The van der Waals surface area contributed by atoms with E-state index in [1.165, 1.54) is 0 Å². The van der Waals surface area contributed by atoms with Gasteiger partial charge in [0.15, 0.2) is 0 Å². The van der Waals surface area contributed by atoms with E-state index < -0.39 is 0 Å². The Morgan fingerprint density at radius 3 is 2.42 bits per heavy atom. The molecule has 0 bridgehead atoms. The molecule has 0 unspecified atom stereocenters. The van der Waals surface area contributed by atoms with Crippen LogP contribution in [-0.2, 0) is 0 Å². The molecule has 0 spiro atoms. The van der Waals surface area contributed by atoms with Crippen LogP contribution < -0.4 is 0 Å². The van der Waals surface area contributed by atoms with E-state index in [4.69, 9.17) is 0 Å². The summed E-state index contributed by atoms with van der Waals surface area (Å²) in [7, 11) is 0. The second-order valence-electron chi connectivity index (χ2n) is 4.22. The van der Waals surface area contributed by atoms with Gasteiger partial charge in [-0.1, -0.05) is 36.4 Å². The second kappa shape index (κ2) is 4.90. The Labute approximate surface area is 110 Å². The van der Waals surface area contributed by atoms with E-state index in [0.29, 0.717) is 0 Å². The molecule has 0 saturated heterocycles. The lowest BCUT2D eigenvalue weighted by molar-refractivity contribution is 0.476. The fraction of sp³-hybridized carbons (Fsp3) is 0. The van der Waals surface area contributed by atoms with Crippen molar-refractivity contribution >= 4 is 22.1 Å². The Morgan fingerprint density at radius 1 is 0.737 bits per heavy atom. The Hall–Kier alpha value is -2.68. The number of benzene rings is 3. The Kier molecular flexibility index (Phi) is 2.94. The van der Waals surface area contributed by atoms with E-state index in [2.05, 4.69) is 10.2 Å². The average Bonchev–Trinajstić information content (AvgIpc) is 2.46. The van der Waals surface area contributed by atoms with Gasteiger partial charge in [0.05, 0.1) is 11.4 Å². The van der Waals surface area contributed by atoms with Crippen LogP contribution in [0.1, 0.15) is 0 Å². The lowest BCUT2D eigenvalue weighted by Crippen LogP contribution is -1.73. The lowest BCUT2D eigenvalue weighted by atomic mass is 10.1. The van der Waals surface area contributed by atoms with Gasteiger partial charge in [-0.15, -0.1) is 5.11 Å². The number of fused-ring (bicyclic) bond motifs is 1. The maximum atomic E-state index is 9.57.